The van der Waals surface area contributed by atoms with E-state index in [4.69, 9.17) is 0 Å². The molecule has 3 aromatic rings. The third-order valence-electron chi connectivity index (χ3n) is 4.87. The van der Waals surface area contributed by atoms with E-state index >= 15 is 0 Å². The second-order valence-electron chi connectivity index (χ2n) is 7.25. The third-order valence-corrected chi connectivity index (χ3v) is 5.90. The van der Waals surface area contributed by atoms with E-state index in [1.807, 2.05) is 37.3 Å². The Labute approximate surface area is 185 Å². The molecule has 0 spiro atoms. The molecule has 1 aromatic heterocycles. The molecule has 9 heteroatoms. The number of nitrogens with one attached hydrogen (secondary N) is 2. The minimum atomic E-state index is -0.423. The number of hydrogen-bond donors (Lipinski definition) is 2. The Kier molecular flexibility index (Phi) is 7.41. The summed E-state index contributed by atoms with van der Waals surface area (Å²) in [4.78, 5) is 24.2. The standard InChI is InChI=1S/C22H26N6O2S/c1-5-14(2)19-11-6-7-12-20(19)24-21(30)15(3)31-22-25-26-27-28(22)18-10-8-9-17(13-18)23-16(4)29/h6-15H,5H2,1-4H3,(H,23,29)(H,24,30). The Morgan fingerprint density at radius 1 is 1.10 bits per heavy atom. The Hall–Kier alpha value is -3.20. The highest BCUT2D eigenvalue weighted by molar-refractivity contribution is 8.00. The predicted molar refractivity (Wildman–Crippen MR) is 123 cm³/mol. The number of aromatic nitrogens is 4. The Morgan fingerprint density at radius 2 is 1.87 bits per heavy atom. The molecule has 2 unspecified atom stereocenters. The molecule has 0 aliphatic heterocycles. The van der Waals surface area contributed by atoms with Crippen LogP contribution in [0.15, 0.2) is 53.7 Å². The molecular weight excluding hydrogens is 412 g/mol. The van der Waals surface area contributed by atoms with Gasteiger partial charge < -0.3 is 10.6 Å². The van der Waals surface area contributed by atoms with Crippen molar-refractivity contribution in [2.45, 2.75) is 50.4 Å². The molecule has 2 amide bonds. The van der Waals surface area contributed by atoms with Crippen LogP contribution in [0.4, 0.5) is 11.4 Å². The molecule has 162 valence electrons. The smallest absolute Gasteiger partial charge is 0.237 e. The minimum absolute atomic E-state index is 0.123. The molecule has 0 saturated heterocycles. The van der Waals surface area contributed by atoms with Crippen LogP contribution in [0.25, 0.3) is 5.69 Å². The summed E-state index contributed by atoms with van der Waals surface area (Å²) in [5.41, 5.74) is 3.28. The van der Waals surface area contributed by atoms with Gasteiger partial charge in [0.25, 0.3) is 0 Å². The van der Waals surface area contributed by atoms with Gasteiger partial charge in [-0.2, -0.15) is 4.68 Å². The van der Waals surface area contributed by atoms with Crippen molar-refractivity contribution in [2.24, 2.45) is 0 Å². The molecule has 2 aromatic carbocycles. The van der Waals surface area contributed by atoms with Crippen LogP contribution in [0.2, 0.25) is 0 Å². The number of para-hydroxylation sites is 1. The maximum absolute atomic E-state index is 12.9. The van der Waals surface area contributed by atoms with E-state index in [-0.39, 0.29) is 11.8 Å². The van der Waals surface area contributed by atoms with Crippen molar-refractivity contribution in [3.05, 3.63) is 54.1 Å². The number of benzene rings is 2. The van der Waals surface area contributed by atoms with Crippen molar-refractivity contribution >= 4 is 35.0 Å². The lowest BCUT2D eigenvalue weighted by Gasteiger charge is -2.17. The molecule has 8 nitrogen and oxygen atoms in total. The van der Waals surface area contributed by atoms with Crippen LogP contribution in [0.1, 0.15) is 45.6 Å². The zero-order chi connectivity index (χ0) is 22.4. The van der Waals surface area contributed by atoms with Gasteiger partial charge in [-0.3, -0.25) is 9.59 Å². The van der Waals surface area contributed by atoms with Crippen LogP contribution in [-0.2, 0) is 9.59 Å². The average molecular weight is 439 g/mol. The Balaban J connectivity index is 1.74. The first-order valence-corrected chi connectivity index (χ1v) is 11.0. The van der Waals surface area contributed by atoms with Crippen molar-refractivity contribution < 1.29 is 9.59 Å². The first kappa shape index (κ1) is 22.5. The molecule has 0 aliphatic rings. The van der Waals surface area contributed by atoms with Gasteiger partial charge in [-0.25, -0.2) is 0 Å². The van der Waals surface area contributed by atoms with Crippen LogP contribution in [0.3, 0.4) is 0 Å². The normalized spacial score (nSPS) is 12.8. The van der Waals surface area contributed by atoms with Gasteiger partial charge in [0.1, 0.15) is 0 Å². The number of carbonyl (C=O) groups excluding carboxylic acids is 2. The highest BCUT2D eigenvalue weighted by atomic mass is 32.2. The van der Waals surface area contributed by atoms with E-state index in [0.717, 1.165) is 17.7 Å². The summed E-state index contributed by atoms with van der Waals surface area (Å²) in [6, 6.07) is 15.1. The number of anilines is 2. The number of amides is 2. The summed E-state index contributed by atoms with van der Waals surface area (Å²) < 4.78 is 1.55. The van der Waals surface area contributed by atoms with Crippen molar-refractivity contribution in [2.75, 3.05) is 10.6 Å². The maximum Gasteiger partial charge on any atom is 0.237 e. The number of tetrazole rings is 1. The summed E-state index contributed by atoms with van der Waals surface area (Å²) >= 11 is 1.27. The minimum Gasteiger partial charge on any atom is -0.326 e. The first-order chi connectivity index (χ1) is 14.9. The van der Waals surface area contributed by atoms with Crippen LogP contribution in [0.5, 0.6) is 0 Å². The predicted octanol–water partition coefficient (Wildman–Crippen LogP) is 4.25. The monoisotopic (exact) mass is 438 g/mol. The van der Waals surface area contributed by atoms with E-state index in [1.165, 1.54) is 18.7 Å². The molecule has 0 bridgehead atoms. The molecule has 0 radical (unpaired) electrons. The SMILES string of the molecule is CCC(C)c1ccccc1NC(=O)C(C)Sc1nnnn1-c1cccc(NC(C)=O)c1. The molecule has 3 rings (SSSR count). The number of carbonyl (C=O) groups is 2. The molecule has 0 aliphatic carbocycles. The van der Waals surface area contributed by atoms with E-state index in [1.54, 1.807) is 22.9 Å². The highest BCUT2D eigenvalue weighted by Gasteiger charge is 2.21. The lowest BCUT2D eigenvalue weighted by atomic mass is 9.97. The fourth-order valence-electron chi connectivity index (χ4n) is 3.04. The van der Waals surface area contributed by atoms with Crippen LogP contribution < -0.4 is 10.6 Å². The maximum atomic E-state index is 12.9. The number of nitrogens with zero attached hydrogens (tertiary/aromatic N) is 4. The van der Waals surface area contributed by atoms with E-state index in [9.17, 15) is 9.59 Å². The Morgan fingerprint density at radius 3 is 2.61 bits per heavy atom. The van der Waals surface area contributed by atoms with E-state index in [2.05, 4.69) is 40.0 Å². The second kappa shape index (κ2) is 10.2. The first-order valence-electron chi connectivity index (χ1n) is 10.1. The molecule has 31 heavy (non-hydrogen) atoms. The van der Waals surface area contributed by atoms with Crippen LogP contribution >= 0.6 is 11.8 Å². The van der Waals surface area contributed by atoms with Crippen molar-refractivity contribution in [1.82, 2.24) is 20.2 Å². The van der Waals surface area contributed by atoms with Crippen molar-refractivity contribution in [3.8, 4) is 5.69 Å². The topological polar surface area (TPSA) is 102 Å². The van der Waals surface area contributed by atoms with Gasteiger partial charge in [-0.1, -0.05) is 49.9 Å². The van der Waals surface area contributed by atoms with Gasteiger partial charge in [-0.05, 0) is 59.5 Å². The van der Waals surface area contributed by atoms with Gasteiger partial charge in [0.2, 0.25) is 17.0 Å². The fourth-order valence-corrected chi connectivity index (χ4v) is 3.85. The molecule has 0 saturated carbocycles. The number of hydrogen-bond acceptors (Lipinski definition) is 6. The van der Waals surface area contributed by atoms with E-state index < -0.39 is 5.25 Å². The summed E-state index contributed by atoms with van der Waals surface area (Å²) in [6.45, 7) is 7.54. The lowest BCUT2D eigenvalue weighted by molar-refractivity contribution is -0.115. The highest BCUT2D eigenvalue weighted by Crippen LogP contribution is 2.29. The summed E-state index contributed by atoms with van der Waals surface area (Å²) in [5, 5.41) is 17.7. The molecule has 0 fully saturated rings. The molecular formula is C22H26N6O2S. The van der Waals surface area contributed by atoms with Gasteiger partial charge in [-0.15, -0.1) is 5.10 Å². The van der Waals surface area contributed by atoms with Crippen LogP contribution in [-0.4, -0.2) is 37.3 Å². The molecule has 2 N–H and O–H groups in total. The number of rotatable bonds is 8. The Bertz CT molecular complexity index is 1070. The summed E-state index contributed by atoms with van der Waals surface area (Å²) in [7, 11) is 0. The largest absolute Gasteiger partial charge is 0.326 e. The second-order valence-corrected chi connectivity index (χ2v) is 8.56. The van der Waals surface area contributed by atoms with Gasteiger partial charge in [0.15, 0.2) is 0 Å². The summed E-state index contributed by atoms with van der Waals surface area (Å²) in [5.74, 6) is 0.0661. The fraction of sp³-hybridized carbons (Fsp3) is 0.318. The van der Waals surface area contributed by atoms with E-state index in [0.29, 0.717) is 22.4 Å². The van der Waals surface area contributed by atoms with Gasteiger partial charge in [0.05, 0.1) is 10.9 Å². The zero-order valence-electron chi connectivity index (χ0n) is 18.0. The lowest BCUT2D eigenvalue weighted by Crippen LogP contribution is -2.23. The van der Waals surface area contributed by atoms with Gasteiger partial charge in [0, 0.05) is 18.3 Å². The van der Waals surface area contributed by atoms with Crippen molar-refractivity contribution in [1.29, 1.82) is 0 Å². The third kappa shape index (κ3) is 5.69. The molecule has 1 heterocycles. The van der Waals surface area contributed by atoms with Gasteiger partial charge >= 0.3 is 0 Å². The van der Waals surface area contributed by atoms with Crippen molar-refractivity contribution in [3.63, 3.8) is 0 Å². The molecule has 2 atom stereocenters. The quantitative estimate of drug-likeness (QED) is 0.510. The summed E-state index contributed by atoms with van der Waals surface area (Å²) in [6.07, 6.45) is 0.990. The zero-order valence-corrected chi connectivity index (χ0v) is 18.8. The average Bonchev–Trinajstić information content (AvgIpc) is 3.21. The number of thioether (sulfide) groups is 1. The van der Waals surface area contributed by atoms with Crippen LogP contribution in [0, 0.1) is 0 Å².